The molecule has 0 saturated carbocycles. The van der Waals surface area contributed by atoms with Crippen LogP contribution in [0, 0.1) is 0 Å². The Morgan fingerprint density at radius 1 is 1.50 bits per heavy atom. The molecule has 4 atom stereocenters. The van der Waals surface area contributed by atoms with Crippen LogP contribution in [-0.2, 0) is 10.5 Å². The molecule has 0 amide bonds. The van der Waals surface area contributed by atoms with Gasteiger partial charge in [-0.1, -0.05) is 0 Å². The second-order valence-electron chi connectivity index (χ2n) is 4.31. The fourth-order valence-corrected chi connectivity index (χ4v) is 2.08. The number of aliphatic hydroxyl groups excluding tert-OH is 3. The van der Waals surface area contributed by atoms with Crippen LogP contribution in [0.25, 0.3) is 0 Å². The van der Waals surface area contributed by atoms with Crippen LogP contribution < -0.4 is 11.2 Å². The first kappa shape index (κ1) is 13.0. The third kappa shape index (κ3) is 1.79. The Labute approximate surface area is 101 Å². The maximum Gasteiger partial charge on any atom is 0.330 e. The quantitative estimate of drug-likeness (QED) is 0.458. The second kappa shape index (κ2) is 4.32. The Hall–Kier alpha value is -1.48. The van der Waals surface area contributed by atoms with E-state index in [4.69, 9.17) is 9.84 Å². The predicted octanol–water partition coefficient (Wildman–Crippen LogP) is -2.68. The summed E-state index contributed by atoms with van der Waals surface area (Å²) in [7, 11) is 0. The van der Waals surface area contributed by atoms with Crippen molar-refractivity contribution in [1.82, 2.24) is 9.55 Å². The highest BCUT2D eigenvalue weighted by molar-refractivity contribution is 4.99. The van der Waals surface area contributed by atoms with Gasteiger partial charge < -0.3 is 20.1 Å². The van der Waals surface area contributed by atoms with Gasteiger partial charge in [0.05, 0.1) is 6.61 Å². The average molecular weight is 258 g/mol. The summed E-state index contributed by atoms with van der Waals surface area (Å²) in [4.78, 5) is 24.6. The van der Waals surface area contributed by atoms with Crippen LogP contribution >= 0.6 is 0 Å². The van der Waals surface area contributed by atoms with Gasteiger partial charge in [-0.15, -0.1) is 0 Å². The molecule has 2 rings (SSSR count). The maximum absolute atomic E-state index is 11.7. The van der Waals surface area contributed by atoms with Crippen LogP contribution in [0.1, 0.15) is 6.92 Å². The monoisotopic (exact) mass is 258 g/mol. The van der Waals surface area contributed by atoms with Crippen molar-refractivity contribution >= 4 is 0 Å². The largest absolute Gasteiger partial charge is 0.394 e. The van der Waals surface area contributed by atoms with Gasteiger partial charge >= 0.3 is 5.69 Å². The van der Waals surface area contributed by atoms with E-state index >= 15 is 0 Å². The summed E-state index contributed by atoms with van der Waals surface area (Å²) in [6.45, 7) is 0.891. The van der Waals surface area contributed by atoms with Crippen molar-refractivity contribution in [3.05, 3.63) is 33.1 Å². The summed E-state index contributed by atoms with van der Waals surface area (Å²) in [6, 6.07) is 1.10. The lowest BCUT2D eigenvalue weighted by atomic mass is 10.0. The van der Waals surface area contributed by atoms with Gasteiger partial charge in [0.25, 0.3) is 5.56 Å². The number of hydrogen-bond donors (Lipinski definition) is 4. The van der Waals surface area contributed by atoms with Gasteiger partial charge in [-0.3, -0.25) is 14.3 Å². The highest BCUT2D eigenvalue weighted by atomic mass is 16.6. The molecule has 4 N–H and O–H groups in total. The first-order valence-electron chi connectivity index (χ1n) is 5.37. The number of nitrogens with zero attached hydrogens (tertiary/aromatic N) is 1. The molecule has 0 aromatic carbocycles. The molecule has 0 radical (unpaired) electrons. The molecule has 8 nitrogen and oxygen atoms in total. The van der Waals surface area contributed by atoms with Crippen molar-refractivity contribution in [2.24, 2.45) is 0 Å². The fraction of sp³-hybridized carbons (Fsp3) is 0.600. The zero-order valence-corrected chi connectivity index (χ0v) is 9.61. The zero-order chi connectivity index (χ0) is 13.5. The molecule has 0 spiro atoms. The minimum atomic E-state index is -1.55. The molecule has 0 aliphatic carbocycles. The van der Waals surface area contributed by atoms with Gasteiger partial charge in [-0.05, 0) is 6.92 Å². The molecule has 0 bridgehead atoms. The number of hydrogen-bond acceptors (Lipinski definition) is 6. The Balaban J connectivity index is 2.49. The van der Waals surface area contributed by atoms with Gasteiger partial charge in [0.1, 0.15) is 18.3 Å². The van der Waals surface area contributed by atoms with E-state index in [2.05, 4.69) is 0 Å². The third-order valence-electron chi connectivity index (χ3n) is 3.13. The number of nitrogens with one attached hydrogen (secondary N) is 1. The fourth-order valence-electron chi connectivity index (χ4n) is 2.08. The van der Waals surface area contributed by atoms with E-state index in [9.17, 15) is 19.8 Å². The predicted molar refractivity (Wildman–Crippen MR) is 58.9 cm³/mol. The number of aromatic nitrogens is 2. The Morgan fingerprint density at radius 2 is 2.17 bits per heavy atom. The summed E-state index contributed by atoms with van der Waals surface area (Å²) in [5.41, 5.74) is -2.89. The van der Waals surface area contributed by atoms with Crippen LogP contribution in [0.3, 0.4) is 0 Å². The molecule has 1 saturated heterocycles. The van der Waals surface area contributed by atoms with Crippen LogP contribution in [0.5, 0.6) is 0 Å². The molecule has 8 heteroatoms. The van der Waals surface area contributed by atoms with E-state index in [1.54, 1.807) is 0 Å². The Kier molecular flexibility index (Phi) is 3.11. The molecule has 1 aromatic heterocycles. The molecule has 18 heavy (non-hydrogen) atoms. The Bertz CT molecular complexity index is 552. The summed E-state index contributed by atoms with van der Waals surface area (Å²) < 4.78 is 6.29. The van der Waals surface area contributed by atoms with E-state index in [-0.39, 0.29) is 0 Å². The lowest BCUT2D eigenvalue weighted by Gasteiger charge is -2.29. The third-order valence-corrected chi connectivity index (χ3v) is 3.13. The van der Waals surface area contributed by atoms with Crippen molar-refractivity contribution in [1.29, 1.82) is 0 Å². The van der Waals surface area contributed by atoms with Gasteiger partial charge in [0, 0.05) is 12.3 Å². The highest BCUT2D eigenvalue weighted by Crippen LogP contribution is 2.33. The molecular formula is C10H14N2O6. The average Bonchev–Trinajstić information content (AvgIpc) is 2.54. The zero-order valence-electron chi connectivity index (χ0n) is 9.61. The van der Waals surface area contributed by atoms with E-state index < -0.39 is 41.9 Å². The van der Waals surface area contributed by atoms with E-state index in [0.717, 1.165) is 16.8 Å². The van der Waals surface area contributed by atoms with Crippen LogP contribution in [0.15, 0.2) is 21.9 Å². The minimum Gasteiger partial charge on any atom is -0.394 e. The lowest BCUT2D eigenvalue weighted by molar-refractivity contribution is -0.137. The number of H-pyrrole nitrogens is 1. The maximum atomic E-state index is 11.7. The summed E-state index contributed by atoms with van der Waals surface area (Å²) >= 11 is 0. The first-order chi connectivity index (χ1) is 8.40. The molecule has 1 fully saturated rings. The minimum absolute atomic E-state index is 0.494. The normalized spacial score (nSPS) is 35.9. The van der Waals surface area contributed by atoms with Crippen molar-refractivity contribution in [2.45, 2.75) is 31.0 Å². The number of aliphatic hydroxyl groups is 3. The van der Waals surface area contributed by atoms with Crippen molar-refractivity contribution in [2.75, 3.05) is 6.61 Å². The van der Waals surface area contributed by atoms with Crippen LogP contribution in [-0.4, -0.2) is 49.8 Å². The highest BCUT2D eigenvalue weighted by Gasteiger charge is 2.52. The summed E-state index contributed by atoms with van der Waals surface area (Å²) in [5.74, 6) is 0. The van der Waals surface area contributed by atoms with Crippen LogP contribution in [0.4, 0.5) is 0 Å². The van der Waals surface area contributed by atoms with Gasteiger partial charge in [0.2, 0.25) is 0 Å². The van der Waals surface area contributed by atoms with E-state index in [1.807, 2.05) is 4.98 Å². The molecule has 2 heterocycles. The SMILES string of the molecule is CC1(n2ccc(=O)[nH]c2=O)OC(CO)C(O)C1O. The molecule has 1 aliphatic heterocycles. The van der Waals surface area contributed by atoms with Gasteiger partial charge in [-0.25, -0.2) is 4.79 Å². The van der Waals surface area contributed by atoms with Crippen molar-refractivity contribution < 1.29 is 20.1 Å². The first-order valence-corrected chi connectivity index (χ1v) is 5.37. The van der Waals surface area contributed by atoms with E-state index in [1.165, 1.54) is 6.92 Å². The summed E-state index contributed by atoms with van der Waals surface area (Å²) in [5, 5.41) is 28.6. The molecule has 4 unspecified atom stereocenters. The lowest BCUT2D eigenvalue weighted by Crippen LogP contribution is -2.49. The second-order valence-corrected chi connectivity index (χ2v) is 4.31. The topological polar surface area (TPSA) is 125 Å². The summed E-state index contributed by atoms with van der Waals surface area (Å²) in [6.07, 6.45) is -2.56. The number of ether oxygens (including phenoxy) is 1. The smallest absolute Gasteiger partial charge is 0.330 e. The van der Waals surface area contributed by atoms with Crippen molar-refractivity contribution in [3.63, 3.8) is 0 Å². The van der Waals surface area contributed by atoms with Crippen LogP contribution in [0.2, 0.25) is 0 Å². The number of rotatable bonds is 2. The standard InChI is InChI=1S/C10H14N2O6/c1-10(8(16)7(15)5(4-13)18-10)12-3-2-6(14)11-9(12)17/h2-3,5,7-8,13,15-16H,4H2,1H3,(H,11,14,17). The molecule has 100 valence electrons. The van der Waals surface area contributed by atoms with Gasteiger partial charge in [0.15, 0.2) is 5.72 Å². The molecular weight excluding hydrogens is 244 g/mol. The Morgan fingerprint density at radius 3 is 2.67 bits per heavy atom. The molecule has 1 aliphatic rings. The molecule has 1 aromatic rings. The van der Waals surface area contributed by atoms with Gasteiger partial charge in [-0.2, -0.15) is 0 Å². The van der Waals surface area contributed by atoms with Crippen molar-refractivity contribution in [3.8, 4) is 0 Å². The number of aromatic amines is 1. The van der Waals surface area contributed by atoms with E-state index in [0.29, 0.717) is 0 Å².